The quantitative estimate of drug-likeness (QED) is 0.581. The van der Waals surface area contributed by atoms with Crippen LogP contribution in [-0.2, 0) is 4.43 Å². The first-order valence-electron chi connectivity index (χ1n) is 8.53. The van der Waals surface area contributed by atoms with Gasteiger partial charge in [-0.1, -0.05) is 46.3 Å². The van der Waals surface area contributed by atoms with Gasteiger partial charge in [-0.05, 0) is 55.1 Å². The van der Waals surface area contributed by atoms with Crippen molar-refractivity contribution < 1.29 is 9.53 Å². The van der Waals surface area contributed by atoms with Crippen LogP contribution in [0, 0.1) is 11.3 Å². The van der Waals surface area contributed by atoms with Crippen molar-refractivity contribution in [2.24, 2.45) is 11.3 Å². The smallest absolute Gasteiger partial charge is 0.192 e. The molecule has 21 heavy (non-hydrogen) atoms. The molecule has 1 fully saturated rings. The van der Waals surface area contributed by atoms with Gasteiger partial charge in [-0.2, -0.15) is 0 Å². The molecule has 4 atom stereocenters. The Morgan fingerprint density at radius 3 is 2.52 bits per heavy atom. The molecular formula is C18H34O2Si. The van der Waals surface area contributed by atoms with E-state index in [1.54, 1.807) is 0 Å². The van der Waals surface area contributed by atoms with Crippen molar-refractivity contribution in [1.82, 2.24) is 0 Å². The van der Waals surface area contributed by atoms with Crippen molar-refractivity contribution in [2.75, 3.05) is 0 Å². The van der Waals surface area contributed by atoms with E-state index in [1.165, 1.54) is 5.57 Å². The molecule has 2 nitrogen and oxygen atoms in total. The molecule has 0 aromatic heterocycles. The van der Waals surface area contributed by atoms with Crippen molar-refractivity contribution in [3.8, 4) is 0 Å². The molecule has 2 aliphatic carbocycles. The normalized spacial score (nSPS) is 37.9. The number of rotatable bonds is 2. The highest BCUT2D eigenvalue weighted by Crippen LogP contribution is 2.51. The average molecular weight is 311 g/mol. The van der Waals surface area contributed by atoms with Crippen LogP contribution in [0.2, 0.25) is 18.1 Å². The van der Waals surface area contributed by atoms with Crippen LogP contribution >= 0.6 is 0 Å². The van der Waals surface area contributed by atoms with Gasteiger partial charge in [0.15, 0.2) is 8.32 Å². The summed E-state index contributed by atoms with van der Waals surface area (Å²) in [6.07, 6.45) is 6.50. The van der Waals surface area contributed by atoms with Gasteiger partial charge in [0.05, 0.1) is 12.2 Å². The minimum absolute atomic E-state index is 0.150. The van der Waals surface area contributed by atoms with E-state index in [4.69, 9.17) is 4.43 Å². The van der Waals surface area contributed by atoms with E-state index in [0.29, 0.717) is 5.92 Å². The Bertz CT molecular complexity index is 421. The van der Waals surface area contributed by atoms with Gasteiger partial charge in [0.2, 0.25) is 0 Å². The minimum Gasteiger partial charge on any atom is -0.411 e. The summed E-state index contributed by atoms with van der Waals surface area (Å²) in [5.41, 5.74) is 1.73. The monoisotopic (exact) mass is 310 g/mol. The zero-order valence-corrected chi connectivity index (χ0v) is 16.0. The molecule has 0 heterocycles. The van der Waals surface area contributed by atoms with Crippen molar-refractivity contribution in [2.45, 2.75) is 90.6 Å². The summed E-state index contributed by atoms with van der Waals surface area (Å²) >= 11 is 0. The van der Waals surface area contributed by atoms with E-state index in [1.807, 2.05) is 0 Å². The zero-order chi connectivity index (χ0) is 16.1. The minimum atomic E-state index is -1.73. The lowest BCUT2D eigenvalue weighted by atomic mass is 9.60. The molecule has 1 saturated carbocycles. The summed E-state index contributed by atoms with van der Waals surface area (Å²) in [5.74, 6) is 0.639. The first-order valence-corrected chi connectivity index (χ1v) is 11.4. The molecule has 2 rings (SSSR count). The van der Waals surface area contributed by atoms with Gasteiger partial charge >= 0.3 is 0 Å². The fraction of sp³-hybridized carbons (Fsp3) is 0.889. The Morgan fingerprint density at radius 1 is 1.33 bits per heavy atom. The Balaban J connectivity index is 2.21. The predicted octanol–water partition coefficient (Wildman–Crippen LogP) is 4.89. The second-order valence-corrected chi connectivity index (χ2v) is 13.8. The Hall–Kier alpha value is -0.123. The largest absolute Gasteiger partial charge is 0.411 e. The van der Waals surface area contributed by atoms with Gasteiger partial charge in [-0.3, -0.25) is 0 Å². The summed E-state index contributed by atoms with van der Waals surface area (Å²) < 4.78 is 6.62. The van der Waals surface area contributed by atoms with Crippen LogP contribution in [0.5, 0.6) is 0 Å². The second kappa shape index (κ2) is 5.50. The Kier molecular flexibility index (Phi) is 4.52. The molecule has 1 N–H and O–H groups in total. The van der Waals surface area contributed by atoms with E-state index in [0.717, 1.165) is 25.7 Å². The molecule has 2 unspecified atom stereocenters. The van der Waals surface area contributed by atoms with Crippen LogP contribution in [0.25, 0.3) is 0 Å². The van der Waals surface area contributed by atoms with E-state index in [9.17, 15) is 5.11 Å². The maximum Gasteiger partial charge on any atom is 0.192 e. The van der Waals surface area contributed by atoms with E-state index >= 15 is 0 Å². The van der Waals surface area contributed by atoms with Crippen molar-refractivity contribution in [1.29, 1.82) is 0 Å². The van der Waals surface area contributed by atoms with Crippen molar-refractivity contribution in [3.05, 3.63) is 11.6 Å². The molecule has 0 aromatic rings. The third kappa shape index (κ3) is 3.30. The lowest BCUT2D eigenvalue weighted by Gasteiger charge is -2.49. The summed E-state index contributed by atoms with van der Waals surface area (Å²) in [4.78, 5) is 0. The lowest BCUT2D eigenvalue weighted by Crippen LogP contribution is -2.47. The summed E-state index contributed by atoms with van der Waals surface area (Å²) in [6.45, 7) is 16.3. The molecule has 122 valence electrons. The first kappa shape index (κ1) is 17.2. The molecule has 0 amide bonds. The maximum atomic E-state index is 10.0. The van der Waals surface area contributed by atoms with Gasteiger partial charge in [0.1, 0.15) is 0 Å². The third-order valence-electron chi connectivity index (χ3n) is 6.50. The SMILES string of the molecule is C[C@@H]1CC(O[Si](C)(C)C(C)(C)C)C=C2CC(O)CC[C@]21C. The molecule has 0 saturated heterocycles. The topological polar surface area (TPSA) is 29.5 Å². The van der Waals surface area contributed by atoms with E-state index in [-0.39, 0.29) is 22.7 Å². The molecule has 2 aliphatic rings. The van der Waals surface area contributed by atoms with Gasteiger partial charge < -0.3 is 9.53 Å². The Labute approximate surface area is 132 Å². The predicted molar refractivity (Wildman–Crippen MR) is 91.9 cm³/mol. The summed E-state index contributed by atoms with van der Waals surface area (Å²) in [7, 11) is -1.73. The number of hydrogen-bond donors (Lipinski definition) is 1. The van der Waals surface area contributed by atoms with Gasteiger partial charge in [0.25, 0.3) is 0 Å². The molecule has 0 aliphatic heterocycles. The molecule has 0 radical (unpaired) electrons. The highest BCUT2D eigenvalue weighted by atomic mass is 28.4. The number of aliphatic hydroxyl groups is 1. The van der Waals surface area contributed by atoms with Crippen LogP contribution < -0.4 is 0 Å². The summed E-state index contributed by atoms with van der Waals surface area (Å²) in [6, 6.07) is 0. The number of fused-ring (bicyclic) bond motifs is 1. The lowest BCUT2D eigenvalue weighted by molar-refractivity contribution is 0.0571. The van der Waals surface area contributed by atoms with Crippen LogP contribution in [0.3, 0.4) is 0 Å². The zero-order valence-electron chi connectivity index (χ0n) is 15.0. The van der Waals surface area contributed by atoms with Crippen LogP contribution in [-0.4, -0.2) is 25.6 Å². The average Bonchev–Trinajstić information content (AvgIpc) is 2.30. The number of aliphatic hydroxyl groups excluding tert-OH is 1. The van der Waals surface area contributed by atoms with Crippen LogP contribution in [0.1, 0.15) is 60.3 Å². The van der Waals surface area contributed by atoms with Gasteiger partial charge in [-0.25, -0.2) is 0 Å². The molecule has 0 spiro atoms. The molecule has 0 bridgehead atoms. The highest BCUT2D eigenvalue weighted by Gasteiger charge is 2.45. The van der Waals surface area contributed by atoms with Crippen molar-refractivity contribution >= 4 is 8.32 Å². The molecule has 3 heteroatoms. The van der Waals surface area contributed by atoms with E-state index < -0.39 is 8.32 Å². The van der Waals surface area contributed by atoms with Gasteiger partial charge in [-0.15, -0.1) is 0 Å². The third-order valence-corrected chi connectivity index (χ3v) is 11.0. The van der Waals surface area contributed by atoms with Crippen LogP contribution in [0.4, 0.5) is 0 Å². The summed E-state index contributed by atoms with van der Waals surface area (Å²) in [5, 5.41) is 10.3. The second-order valence-electron chi connectivity index (χ2n) is 9.06. The van der Waals surface area contributed by atoms with Crippen LogP contribution in [0.15, 0.2) is 11.6 Å². The first-order chi connectivity index (χ1) is 9.46. The standard InChI is InChI=1S/C18H34O2Si/c1-13-10-16(20-21(6,7)17(2,3)4)12-14-11-15(19)8-9-18(13,14)5/h12-13,15-16,19H,8-11H2,1-7H3/t13-,15?,16?,18+/m1/s1. The van der Waals surface area contributed by atoms with Gasteiger partial charge in [0, 0.05) is 0 Å². The van der Waals surface area contributed by atoms with Crippen molar-refractivity contribution in [3.63, 3.8) is 0 Å². The molecule has 0 aromatic carbocycles. The Morgan fingerprint density at radius 2 is 1.95 bits per heavy atom. The number of hydrogen-bond acceptors (Lipinski definition) is 2. The highest BCUT2D eigenvalue weighted by molar-refractivity contribution is 6.74. The maximum absolute atomic E-state index is 10.0. The molecular weight excluding hydrogens is 276 g/mol. The fourth-order valence-electron chi connectivity index (χ4n) is 3.58. The van der Waals surface area contributed by atoms with E-state index in [2.05, 4.69) is 53.8 Å². The fourth-order valence-corrected chi connectivity index (χ4v) is 4.85.